The van der Waals surface area contributed by atoms with Crippen LogP contribution in [0.2, 0.25) is 0 Å². The average molecular weight is 480 g/mol. The third-order valence-electron chi connectivity index (χ3n) is 5.61. The summed E-state index contributed by atoms with van der Waals surface area (Å²) in [5, 5.41) is 4.24. The second-order valence-electron chi connectivity index (χ2n) is 7.58. The topological polar surface area (TPSA) is 59.5 Å². The molecule has 0 saturated carbocycles. The monoisotopic (exact) mass is 479 g/mol. The Morgan fingerprint density at radius 2 is 1.87 bits per heavy atom. The number of ether oxygens (including phenoxy) is 1. The number of oxime groups is 1. The van der Waals surface area contributed by atoms with Gasteiger partial charge in [0.1, 0.15) is 11.3 Å². The standard InChI is InChI=1S/C21H17BrF3N3O2/c22-15-9-12(13-3-1-2-4-14(13)21(23,24)25)10-16-18(15)27-19(26-16)17-11-20(30-28-17)5-7-29-8-6-20/h1-4,9-10H,5-8,11H2,(H,26,27). The minimum absolute atomic E-state index is 0.111. The Bertz CT molecular complexity index is 1150. The molecule has 1 aromatic heterocycles. The predicted molar refractivity (Wildman–Crippen MR) is 109 cm³/mol. The number of hydrogen-bond acceptors (Lipinski definition) is 4. The second-order valence-corrected chi connectivity index (χ2v) is 8.44. The summed E-state index contributed by atoms with van der Waals surface area (Å²) >= 11 is 3.47. The summed E-state index contributed by atoms with van der Waals surface area (Å²) in [6, 6.07) is 8.86. The van der Waals surface area contributed by atoms with Crippen LogP contribution in [0.1, 0.15) is 30.7 Å². The van der Waals surface area contributed by atoms with Crippen molar-refractivity contribution < 1.29 is 22.7 Å². The summed E-state index contributed by atoms with van der Waals surface area (Å²) in [5.41, 5.74) is 1.49. The van der Waals surface area contributed by atoms with Gasteiger partial charge in [-0.2, -0.15) is 13.2 Å². The number of H-pyrrole nitrogens is 1. The molecule has 5 nitrogen and oxygen atoms in total. The molecular weight excluding hydrogens is 463 g/mol. The van der Waals surface area contributed by atoms with Crippen molar-refractivity contribution in [3.8, 4) is 11.1 Å². The first kappa shape index (κ1) is 19.6. The highest BCUT2D eigenvalue weighted by molar-refractivity contribution is 9.10. The number of benzene rings is 2. The van der Waals surface area contributed by atoms with Crippen LogP contribution in [-0.4, -0.2) is 34.5 Å². The van der Waals surface area contributed by atoms with Gasteiger partial charge in [0.15, 0.2) is 5.82 Å². The molecule has 0 amide bonds. The molecule has 2 aromatic carbocycles. The van der Waals surface area contributed by atoms with E-state index in [9.17, 15) is 13.2 Å². The number of imidazole rings is 1. The van der Waals surface area contributed by atoms with E-state index in [1.165, 1.54) is 12.1 Å². The van der Waals surface area contributed by atoms with Crippen molar-refractivity contribution in [1.29, 1.82) is 0 Å². The highest BCUT2D eigenvalue weighted by atomic mass is 79.9. The summed E-state index contributed by atoms with van der Waals surface area (Å²) in [5.74, 6) is 0.565. The Morgan fingerprint density at radius 1 is 1.10 bits per heavy atom. The van der Waals surface area contributed by atoms with Crippen molar-refractivity contribution in [2.75, 3.05) is 13.2 Å². The molecule has 9 heteroatoms. The van der Waals surface area contributed by atoms with Gasteiger partial charge < -0.3 is 14.6 Å². The Labute approximate surface area is 178 Å². The predicted octanol–water partition coefficient (Wildman–Crippen LogP) is 5.68. The zero-order valence-corrected chi connectivity index (χ0v) is 17.3. The second kappa shape index (κ2) is 7.09. The number of aromatic nitrogens is 2. The van der Waals surface area contributed by atoms with E-state index in [-0.39, 0.29) is 11.2 Å². The molecule has 2 aliphatic heterocycles. The molecule has 0 unspecified atom stereocenters. The Morgan fingerprint density at radius 3 is 2.63 bits per heavy atom. The summed E-state index contributed by atoms with van der Waals surface area (Å²) < 4.78 is 46.4. The van der Waals surface area contributed by atoms with Crippen LogP contribution in [0.5, 0.6) is 0 Å². The number of halogens is 4. The molecule has 2 aliphatic rings. The molecule has 1 spiro atoms. The number of rotatable bonds is 2. The lowest BCUT2D eigenvalue weighted by molar-refractivity contribution is -0.137. The number of hydrogen-bond donors (Lipinski definition) is 1. The number of alkyl halides is 3. The summed E-state index contributed by atoms with van der Waals surface area (Å²) in [6.45, 7) is 1.27. The van der Waals surface area contributed by atoms with Gasteiger partial charge in [-0.05, 0) is 45.3 Å². The van der Waals surface area contributed by atoms with Gasteiger partial charge in [-0.15, -0.1) is 0 Å². The van der Waals surface area contributed by atoms with Gasteiger partial charge >= 0.3 is 6.18 Å². The van der Waals surface area contributed by atoms with E-state index in [1.54, 1.807) is 18.2 Å². The van der Waals surface area contributed by atoms with Crippen LogP contribution in [0.4, 0.5) is 13.2 Å². The molecule has 156 valence electrons. The average Bonchev–Trinajstić information content (AvgIpc) is 3.33. The summed E-state index contributed by atoms with van der Waals surface area (Å²) in [4.78, 5) is 13.6. The fraction of sp³-hybridized carbons (Fsp3) is 0.333. The molecule has 0 radical (unpaired) electrons. The number of fused-ring (bicyclic) bond motifs is 1. The molecule has 0 atom stereocenters. The van der Waals surface area contributed by atoms with Gasteiger partial charge in [-0.25, -0.2) is 4.98 Å². The summed E-state index contributed by atoms with van der Waals surface area (Å²) in [6.07, 6.45) is -2.29. The third kappa shape index (κ3) is 3.39. The van der Waals surface area contributed by atoms with Crippen LogP contribution in [0.15, 0.2) is 46.0 Å². The Hall–Kier alpha value is -2.39. The smallest absolute Gasteiger partial charge is 0.388 e. The lowest BCUT2D eigenvalue weighted by Gasteiger charge is -2.30. The van der Waals surface area contributed by atoms with E-state index in [1.807, 2.05) is 0 Å². The van der Waals surface area contributed by atoms with Gasteiger partial charge in [0.25, 0.3) is 0 Å². The van der Waals surface area contributed by atoms with Crippen LogP contribution in [0, 0.1) is 0 Å². The van der Waals surface area contributed by atoms with E-state index in [0.717, 1.165) is 18.9 Å². The van der Waals surface area contributed by atoms with Gasteiger partial charge in [0.05, 0.1) is 29.8 Å². The highest BCUT2D eigenvalue weighted by Gasteiger charge is 2.42. The van der Waals surface area contributed by atoms with Crippen LogP contribution in [-0.2, 0) is 15.8 Å². The number of aromatic amines is 1. The normalized spacial score (nSPS) is 18.6. The van der Waals surface area contributed by atoms with Crippen molar-refractivity contribution >= 4 is 32.7 Å². The quantitative estimate of drug-likeness (QED) is 0.513. The molecule has 0 aliphatic carbocycles. The number of nitrogens with zero attached hydrogens (tertiary/aromatic N) is 2. The van der Waals surface area contributed by atoms with Crippen molar-refractivity contribution in [2.24, 2.45) is 5.16 Å². The maximum absolute atomic E-state index is 13.5. The largest absolute Gasteiger partial charge is 0.417 e. The summed E-state index contributed by atoms with van der Waals surface area (Å²) in [7, 11) is 0. The van der Waals surface area contributed by atoms with E-state index in [2.05, 4.69) is 31.1 Å². The first-order chi connectivity index (χ1) is 14.3. The third-order valence-corrected chi connectivity index (χ3v) is 6.23. The maximum atomic E-state index is 13.5. The number of nitrogens with one attached hydrogen (secondary N) is 1. The molecule has 3 aromatic rings. The minimum atomic E-state index is -4.44. The van der Waals surface area contributed by atoms with Crippen LogP contribution >= 0.6 is 15.9 Å². The molecule has 1 N–H and O–H groups in total. The van der Waals surface area contributed by atoms with Crippen molar-refractivity contribution in [3.05, 3.63) is 52.3 Å². The van der Waals surface area contributed by atoms with Crippen molar-refractivity contribution in [1.82, 2.24) is 9.97 Å². The molecule has 5 rings (SSSR count). The lowest BCUT2D eigenvalue weighted by atomic mass is 9.89. The molecular formula is C21H17BrF3N3O2. The van der Waals surface area contributed by atoms with Gasteiger partial charge in [0, 0.05) is 23.7 Å². The van der Waals surface area contributed by atoms with Crippen molar-refractivity contribution in [2.45, 2.75) is 31.0 Å². The molecule has 0 bridgehead atoms. The fourth-order valence-electron chi connectivity index (χ4n) is 4.01. The SMILES string of the molecule is FC(F)(F)c1ccccc1-c1cc(Br)c2[nH]c(C3=NOC4(CCOCC4)C3)nc2c1. The van der Waals surface area contributed by atoms with E-state index in [4.69, 9.17) is 9.57 Å². The van der Waals surface area contributed by atoms with Crippen LogP contribution in [0.3, 0.4) is 0 Å². The van der Waals surface area contributed by atoms with E-state index >= 15 is 0 Å². The van der Waals surface area contributed by atoms with Gasteiger partial charge in [0.2, 0.25) is 0 Å². The molecule has 30 heavy (non-hydrogen) atoms. The lowest BCUT2D eigenvalue weighted by Crippen LogP contribution is -2.36. The first-order valence-corrected chi connectivity index (χ1v) is 10.3. The molecule has 1 saturated heterocycles. The van der Waals surface area contributed by atoms with Crippen LogP contribution < -0.4 is 0 Å². The Balaban J connectivity index is 1.52. The minimum Gasteiger partial charge on any atom is -0.388 e. The zero-order chi connectivity index (χ0) is 20.9. The van der Waals surface area contributed by atoms with Gasteiger partial charge in [-0.3, -0.25) is 0 Å². The van der Waals surface area contributed by atoms with Crippen molar-refractivity contribution in [3.63, 3.8) is 0 Å². The zero-order valence-electron chi connectivity index (χ0n) is 15.7. The maximum Gasteiger partial charge on any atom is 0.417 e. The Kier molecular flexibility index (Phi) is 4.62. The van der Waals surface area contributed by atoms with Gasteiger partial charge in [-0.1, -0.05) is 23.4 Å². The fourth-order valence-corrected chi connectivity index (χ4v) is 4.55. The van der Waals surface area contributed by atoms with Crippen LogP contribution in [0.25, 0.3) is 22.2 Å². The molecule has 3 heterocycles. The van der Waals surface area contributed by atoms with E-state index < -0.39 is 11.7 Å². The highest BCUT2D eigenvalue weighted by Crippen LogP contribution is 2.40. The van der Waals surface area contributed by atoms with E-state index in [0.29, 0.717) is 52.2 Å². The molecule has 1 fully saturated rings. The first-order valence-electron chi connectivity index (χ1n) is 9.54.